The van der Waals surface area contributed by atoms with Crippen molar-refractivity contribution < 1.29 is 14.3 Å². The fourth-order valence-corrected chi connectivity index (χ4v) is 1.89. The monoisotopic (exact) mass is 349 g/mol. The summed E-state index contributed by atoms with van der Waals surface area (Å²) in [4.78, 5) is 23.3. The first-order valence-electron chi connectivity index (χ1n) is 7.56. The molecule has 0 aliphatic rings. The summed E-state index contributed by atoms with van der Waals surface area (Å²) in [5, 5.41) is 14.5. The minimum atomic E-state index is -0.437. The van der Waals surface area contributed by atoms with Crippen molar-refractivity contribution in [1.29, 1.82) is 5.26 Å². The van der Waals surface area contributed by atoms with E-state index >= 15 is 0 Å². The summed E-state index contributed by atoms with van der Waals surface area (Å²) in [6.07, 6.45) is 2.02. The molecule has 0 saturated heterocycles. The van der Waals surface area contributed by atoms with Gasteiger partial charge in [0, 0.05) is 25.2 Å². The van der Waals surface area contributed by atoms with Crippen LogP contribution in [0.1, 0.15) is 29.3 Å². The molecule has 7 heteroatoms. The van der Waals surface area contributed by atoms with Crippen molar-refractivity contribution in [2.75, 3.05) is 19.0 Å². The first-order valence-corrected chi connectivity index (χ1v) is 8.09. The van der Waals surface area contributed by atoms with E-state index in [4.69, 9.17) is 21.6 Å². The number of esters is 1. The fourth-order valence-electron chi connectivity index (χ4n) is 1.76. The molecule has 128 valence electrons. The molecule has 1 amide bonds. The minimum absolute atomic E-state index is 0.00674. The van der Waals surface area contributed by atoms with Gasteiger partial charge in [-0.25, -0.2) is 4.79 Å². The van der Waals surface area contributed by atoms with Gasteiger partial charge in [-0.05, 0) is 31.0 Å². The van der Waals surface area contributed by atoms with Gasteiger partial charge in [0.25, 0.3) is 5.91 Å². The maximum absolute atomic E-state index is 11.7. The van der Waals surface area contributed by atoms with Crippen molar-refractivity contribution in [2.45, 2.75) is 19.9 Å². The Morgan fingerprint density at radius 2 is 2.04 bits per heavy atom. The molecule has 0 atom stereocenters. The number of carbonyl (C=O) groups is 2. The summed E-state index contributed by atoms with van der Waals surface area (Å²) in [5.41, 5.74) is 1.37. The van der Waals surface area contributed by atoms with Gasteiger partial charge in [-0.1, -0.05) is 12.1 Å². The molecule has 0 aromatic heterocycles. The molecule has 6 nitrogen and oxygen atoms in total. The third-order valence-corrected chi connectivity index (χ3v) is 3.25. The van der Waals surface area contributed by atoms with Gasteiger partial charge < -0.3 is 15.4 Å². The number of nitrogens with one attached hydrogen (secondary N) is 2. The van der Waals surface area contributed by atoms with Crippen molar-refractivity contribution in [2.24, 2.45) is 0 Å². The Balaban J connectivity index is 2.53. The second kappa shape index (κ2) is 11.1. The van der Waals surface area contributed by atoms with Crippen LogP contribution in [-0.2, 0) is 16.1 Å². The number of alkyl halides is 1. The van der Waals surface area contributed by atoms with Gasteiger partial charge in [0.1, 0.15) is 11.6 Å². The Morgan fingerprint density at radius 1 is 1.33 bits per heavy atom. The highest BCUT2D eigenvalue weighted by Gasteiger charge is 2.08. The van der Waals surface area contributed by atoms with Crippen LogP contribution < -0.4 is 10.6 Å². The molecule has 0 spiro atoms. The van der Waals surface area contributed by atoms with Crippen LogP contribution in [0.5, 0.6) is 0 Å². The first kappa shape index (κ1) is 19.5. The van der Waals surface area contributed by atoms with Crippen molar-refractivity contribution in [3.63, 3.8) is 0 Å². The summed E-state index contributed by atoms with van der Waals surface area (Å²) in [7, 11) is 0. The van der Waals surface area contributed by atoms with Gasteiger partial charge >= 0.3 is 5.97 Å². The van der Waals surface area contributed by atoms with Gasteiger partial charge in [0.2, 0.25) is 0 Å². The molecular formula is C17H20ClN3O3. The molecule has 1 aromatic carbocycles. The number of carbonyl (C=O) groups excluding carboxylic acids is 2. The average molecular weight is 350 g/mol. The van der Waals surface area contributed by atoms with E-state index < -0.39 is 5.91 Å². The lowest BCUT2D eigenvalue weighted by Gasteiger charge is -2.06. The van der Waals surface area contributed by atoms with Crippen molar-refractivity contribution >= 4 is 23.5 Å². The number of nitrogens with zero attached hydrogens (tertiary/aromatic N) is 1. The highest BCUT2D eigenvalue weighted by molar-refractivity contribution is 6.17. The molecule has 0 heterocycles. The Labute approximate surface area is 146 Å². The van der Waals surface area contributed by atoms with Crippen LogP contribution in [0.2, 0.25) is 0 Å². The molecule has 0 fully saturated rings. The Kier molecular flexibility index (Phi) is 9.02. The second-order valence-electron chi connectivity index (χ2n) is 4.77. The van der Waals surface area contributed by atoms with Gasteiger partial charge in [0.15, 0.2) is 0 Å². The standard InChI is InChI=1S/C17H20ClN3O3/c1-2-24-17(23)14-6-4-13(5-7-14)11-20-12-15(10-19)16(22)21-9-3-8-18/h4-7,12,20H,2-3,8-9,11H2,1H3,(H,21,22)/b15-12-. The zero-order valence-electron chi connectivity index (χ0n) is 13.5. The summed E-state index contributed by atoms with van der Waals surface area (Å²) < 4.78 is 4.91. The van der Waals surface area contributed by atoms with E-state index in [-0.39, 0.29) is 11.5 Å². The molecule has 0 radical (unpaired) electrons. The van der Waals surface area contributed by atoms with Crippen LogP contribution in [0, 0.1) is 11.3 Å². The Hall–Kier alpha value is -2.52. The molecule has 0 bridgehead atoms. The topological polar surface area (TPSA) is 91.2 Å². The van der Waals surface area contributed by atoms with Crippen LogP contribution in [0.3, 0.4) is 0 Å². The maximum atomic E-state index is 11.7. The third kappa shape index (κ3) is 6.71. The number of amides is 1. The number of ether oxygens (including phenoxy) is 1. The maximum Gasteiger partial charge on any atom is 0.338 e. The smallest absolute Gasteiger partial charge is 0.338 e. The molecule has 2 N–H and O–H groups in total. The number of hydrogen-bond donors (Lipinski definition) is 2. The molecule has 0 aliphatic heterocycles. The minimum Gasteiger partial charge on any atom is -0.462 e. The van der Waals surface area contributed by atoms with Crippen LogP contribution in [-0.4, -0.2) is 30.9 Å². The van der Waals surface area contributed by atoms with E-state index in [1.54, 1.807) is 31.2 Å². The predicted octanol–water partition coefficient (Wildman–Crippen LogP) is 2.11. The van der Waals surface area contributed by atoms with E-state index in [1.165, 1.54) is 6.20 Å². The van der Waals surface area contributed by atoms with Crippen molar-refractivity contribution in [3.05, 3.63) is 47.2 Å². The zero-order chi connectivity index (χ0) is 17.8. The second-order valence-corrected chi connectivity index (χ2v) is 5.14. The predicted molar refractivity (Wildman–Crippen MR) is 91.3 cm³/mol. The number of nitriles is 1. The average Bonchev–Trinajstić information content (AvgIpc) is 2.59. The highest BCUT2D eigenvalue weighted by atomic mass is 35.5. The van der Waals surface area contributed by atoms with E-state index in [0.717, 1.165) is 5.56 Å². The molecular weight excluding hydrogens is 330 g/mol. The largest absolute Gasteiger partial charge is 0.462 e. The summed E-state index contributed by atoms with van der Waals surface area (Å²) in [5.74, 6) is -0.351. The van der Waals surface area contributed by atoms with Crippen LogP contribution in [0.25, 0.3) is 0 Å². The summed E-state index contributed by atoms with van der Waals surface area (Å²) in [6, 6.07) is 8.74. The number of hydrogen-bond acceptors (Lipinski definition) is 5. The molecule has 1 aromatic rings. The highest BCUT2D eigenvalue weighted by Crippen LogP contribution is 2.06. The number of rotatable bonds is 9. The SMILES string of the molecule is CCOC(=O)c1ccc(CN/C=C(/C#N)C(=O)NCCCCl)cc1. The first-order chi connectivity index (χ1) is 11.6. The lowest BCUT2D eigenvalue weighted by Crippen LogP contribution is -2.26. The van der Waals surface area contributed by atoms with Gasteiger partial charge in [-0.2, -0.15) is 5.26 Å². The van der Waals surface area contributed by atoms with Crippen molar-refractivity contribution in [1.82, 2.24) is 10.6 Å². The van der Waals surface area contributed by atoms with E-state index in [2.05, 4.69) is 10.6 Å². The summed E-state index contributed by atoms with van der Waals surface area (Å²) >= 11 is 5.53. The normalized spacial score (nSPS) is 10.6. The van der Waals surface area contributed by atoms with Gasteiger partial charge in [-0.3, -0.25) is 4.79 Å². The Bertz CT molecular complexity index is 621. The van der Waals surface area contributed by atoms with E-state index in [0.29, 0.717) is 37.6 Å². The molecule has 0 aliphatic carbocycles. The quantitative estimate of drug-likeness (QED) is 0.234. The fraction of sp³-hybridized carbons (Fsp3) is 0.353. The molecule has 24 heavy (non-hydrogen) atoms. The van der Waals surface area contributed by atoms with Crippen LogP contribution in [0.15, 0.2) is 36.0 Å². The molecule has 0 unspecified atom stereocenters. The number of benzene rings is 1. The van der Waals surface area contributed by atoms with Crippen molar-refractivity contribution in [3.8, 4) is 6.07 Å². The van der Waals surface area contributed by atoms with Crippen LogP contribution >= 0.6 is 11.6 Å². The third-order valence-electron chi connectivity index (χ3n) is 2.98. The zero-order valence-corrected chi connectivity index (χ0v) is 14.2. The van der Waals surface area contributed by atoms with E-state index in [1.807, 2.05) is 6.07 Å². The lowest BCUT2D eigenvalue weighted by atomic mass is 10.1. The van der Waals surface area contributed by atoms with Gasteiger partial charge in [-0.15, -0.1) is 11.6 Å². The van der Waals surface area contributed by atoms with E-state index in [9.17, 15) is 9.59 Å². The van der Waals surface area contributed by atoms with Crippen LogP contribution in [0.4, 0.5) is 0 Å². The molecule has 1 rings (SSSR count). The lowest BCUT2D eigenvalue weighted by molar-refractivity contribution is -0.117. The molecule has 0 saturated carbocycles. The number of halogens is 1. The summed E-state index contributed by atoms with van der Waals surface area (Å²) in [6.45, 7) is 2.93. The Morgan fingerprint density at radius 3 is 2.62 bits per heavy atom. The van der Waals surface area contributed by atoms with Gasteiger partial charge in [0.05, 0.1) is 12.2 Å².